The summed E-state index contributed by atoms with van der Waals surface area (Å²) in [5.74, 6) is 0. The van der Waals surface area contributed by atoms with Gasteiger partial charge >= 0.3 is 0 Å². The highest BCUT2D eigenvalue weighted by molar-refractivity contribution is 6.30. The van der Waals surface area contributed by atoms with Crippen molar-refractivity contribution < 1.29 is 0 Å². The number of hydrogen-bond donors (Lipinski definition) is 1. The summed E-state index contributed by atoms with van der Waals surface area (Å²) in [6.45, 7) is 5.99. The molecule has 0 saturated heterocycles. The molecule has 106 valence electrons. The molecule has 2 aromatic carbocycles. The SMILES string of the molecule is CCN(c1ccc(C)cc1)c1cc(Cl)ccc1CNC. The molecular weight excluding hydrogens is 268 g/mol. The molecule has 0 aromatic heterocycles. The lowest BCUT2D eigenvalue weighted by Gasteiger charge is -2.26. The Morgan fingerprint density at radius 1 is 1.10 bits per heavy atom. The van der Waals surface area contributed by atoms with Gasteiger partial charge in [-0.2, -0.15) is 0 Å². The summed E-state index contributed by atoms with van der Waals surface area (Å²) >= 11 is 6.18. The number of aryl methyl sites for hydroxylation is 1. The van der Waals surface area contributed by atoms with E-state index in [1.807, 2.05) is 19.2 Å². The van der Waals surface area contributed by atoms with Gasteiger partial charge in [-0.15, -0.1) is 0 Å². The van der Waals surface area contributed by atoms with E-state index in [-0.39, 0.29) is 0 Å². The van der Waals surface area contributed by atoms with E-state index in [0.717, 1.165) is 18.1 Å². The molecule has 0 unspecified atom stereocenters. The van der Waals surface area contributed by atoms with Crippen molar-refractivity contribution in [3.63, 3.8) is 0 Å². The monoisotopic (exact) mass is 288 g/mol. The fraction of sp³-hybridized carbons (Fsp3) is 0.294. The van der Waals surface area contributed by atoms with Crippen molar-refractivity contribution in [2.45, 2.75) is 20.4 Å². The Morgan fingerprint density at radius 3 is 2.40 bits per heavy atom. The van der Waals surface area contributed by atoms with Crippen molar-refractivity contribution in [2.75, 3.05) is 18.5 Å². The first-order valence-electron chi connectivity index (χ1n) is 6.93. The summed E-state index contributed by atoms with van der Waals surface area (Å²) in [6.07, 6.45) is 0. The number of anilines is 2. The van der Waals surface area contributed by atoms with Crippen molar-refractivity contribution in [2.24, 2.45) is 0 Å². The summed E-state index contributed by atoms with van der Waals surface area (Å²) in [5.41, 5.74) is 4.88. The van der Waals surface area contributed by atoms with Gasteiger partial charge in [0, 0.05) is 29.5 Å². The standard InChI is InChI=1S/C17H21ClN2/c1-4-20(16-9-5-13(2)6-10-16)17-11-15(18)8-7-14(17)12-19-3/h5-11,19H,4,12H2,1-3H3. The molecule has 20 heavy (non-hydrogen) atoms. The van der Waals surface area contributed by atoms with Crippen LogP contribution in [0.1, 0.15) is 18.1 Å². The van der Waals surface area contributed by atoms with E-state index in [4.69, 9.17) is 11.6 Å². The summed E-state index contributed by atoms with van der Waals surface area (Å²) < 4.78 is 0. The van der Waals surface area contributed by atoms with E-state index < -0.39 is 0 Å². The quantitative estimate of drug-likeness (QED) is 0.870. The van der Waals surface area contributed by atoms with Crippen molar-refractivity contribution in [3.8, 4) is 0 Å². The molecule has 3 heteroatoms. The van der Waals surface area contributed by atoms with E-state index >= 15 is 0 Å². The van der Waals surface area contributed by atoms with Gasteiger partial charge in [0.2, 0.25) is 0 Å². The molecule has 0 fully saturated rings. The first-order chi connectivity index (χ1) is 9.65. The highest BCUT2D eigenvalue weighted by Crippen LogP contribution is 2.31. The third-order valence-electron chi connectivity index (χ3n) is 3.37. The lowest BCUT2D eigenvalue weighted by molar-refractivity contribution is 0.813. The summed E-state index contributed by atoms with van der Waals surface area (Å²) in [5, 5.41) is 3.98. The molecule has 0 aliphatic rings. The van der Waals surface area contributed by atoms with Gasteiger partial charge in [-0.1, -0.05) is 35.4 Å². The Hall–Kier alpha value is -1.51. The van der Waals surface area contributed by atoms with Gasteiger partial charge in [-0.3, -0.25) is 0 Å². The molecule has 0 radical (unpaired) electrons. The smallest absolute Gasteiger partial charge is 0.0471 e. The second kappa shape index (κ2) is 6.78. The Balaban J connectivity index is 2.45. The minimum absolute atomic E-state index is 0.769. The van der Waals surface area contributed by atoms with Crippen LogP contribution in [-0.2, 0) is 6.54 Å². The minimum Gasteiger partial charge on any atom is -0.341 e. The number of rotatable bonds is 5. The molecule has 0 spiro atoms. The molecule has 0 bridgehead atoms. The zero-order valence-corrected chi connectivity index (χ0v) is 13.0. The van der Waals surface area contributed by atoms with Crippen LogP contribution in [0.2, 0.25) is 5.02 Å². The Labute approximate surface area is 126 Å². The number of nitrogens with zero attached hydrogens (tertiary/aromatic N) is 1. The van der Waals surface area contributed by atoms with Crippen LogP contribution in [0.15, 0.2) is 42.5 Å². The largest absolute Gasteiger partial charge is 0.341 e. The maximum Gasteiger partial charge on any atom is 0.0471 e. The topological polar surface area (TPSA) is 15.3 Å². The molecule has 0 atom stereocenters. The van der Waals surface area contributed by atoms with Gasteiger partial charge in [0.05, 0.1) is 0 Å². The molecule has 0 amide bonds. The normalized spacial score (nSPS) is 10.6. The van der Waals surface area contributed by atoms with Crippen LogP contribution < -0.4 is 10.2 Å². The second-order valence-corrected chi connectivity index (χ2v) is 5.32. The van der Waals surface area contributed by atoms with Crippen molar-refractivity contribution in [3.05, 3.63) is 58.6 Å². The van der Waals surface area contributed by atoms with Gasteiger partial charge in [-0.05, 0) is 50.7 Å². The third-order valence-corrected chi connectivity index (χ3v) is 3.60. The number of hydrogen-bond acceptors (Lipinski definition) is 2. The zero-order valence-electron chi connectivity index (χ0n) is 12.3. The Morgan fingerprint density at radius 2 is 1.80 bits per heavy atom. The van der Waals surface area contributed by atoms with Crippen LogP contribution >= 0.6 is 11.6 Å². The highest BCUT2D eigenvalue weighted by atomic mass is 35.5. The zero-order chi connectivity index (χ0) is 14.5. The van der Waals surface area contributed by atoms with Crippen LogP contribution in [0.3, 0.4) is 0 Å². The first kappa shape index (κ1) is 14.9. The van der Waals surface area contributed by atoms with Crippen molar-refractivity contribution in [1.29, 1.82) is 0 Å². The van der Waals surface area contributed by atoms with E-state index in [9.17, 15) is 0 Å². The van der Waals surface area contributed by atoms with Gasteiger partial charge in [-0.25, -0.2) is 0 Å². The van der Waals surface area contributed by atoms with Crippen molar-refractivity contribution >= 4 is 23.0 Å². The summed E-state index contributed by atoms with van der Waals surface area (Å²) in [7, 11) is 1.96. The maximum absolute atomic E-state index is 6.18. The number of benzene rings is 2. The maximum atomic E-state index is 6.18. The summed E-state index contributed by atoms with van der Waals surface area (Å²) in [4.78, 5) is 2.29. The van der Waals surface area contributed by atoms with Gasteiger partial charge < -0.3 is 10.2 Å². The first-order valence-corrected chi connectivity index (χ1v) is 7.30. The van der Waals surface area contributed by atoms with Gasteiger partial charge in [0.15, 0.2) is 0 Å². The molecule has 2 aromatic rings. The molecule has 0 saturated carbocycles. The fourth-order valence-electron chi connectivity index (χ4n) is 2.34. The van der Waals surface area contributed by atoms with Crippen LogP contribution in [0, 0.1) is 6.92 Å². The molecule has 0 aliphatic carbocycles. The lowest BCUT2D eigenvalue weighted by atomic mass is 10.1. The Kier molecular flexibility index (Phi) is 5.05. The molecule has 0 heterocycles. The lowest BCUT2D eigenvalue weighted by Crippen LogP contribution is -2.19. The van der Waals surface area contributed by atoms with Crippen LogP contribution in [0.5, 0.6) is 0 Å². The highest BCUT2D eigenvalue weighted by Gasteiger charge is 2.12. The predicted octanol–water partition coefficient (Wildman–Crippen LogP) is 4.53. The summed E-state index contributed by atoms with van der Waals surface area (Å²) in [6, 6.07) is 14.7. The predicted molar refractivity (Wildman–Crippen MR) is 88.1 cm³/mol. The molecule has 2 nitrogen and oxygen atoms in total. The second-order valence-electron chi connectivity index (χ2n) is 4.88. The fourth-order valence-corrected chi connectivity index (χ4v) is 2.51. The van der Waals surface area contributed by atoms with Crippen LogP contribution in [0.25, 0.3) is 0 Å². The van der Waals surface area contributed by atoms with E-state index in [1.54, 1.807) is 0 Å². The van der Waals surface area contributed by atoms with E-state index in [2.05, 4.69) is 54.4 Å². The van der Waals surface area contributed by atoms with Gasteiger partial charge in [0.25, 0.3) is 0 Å². The molecule has 0 aliphatic heterocycles. The average Bonchev–Trinajstić information content (AvgIpc) is 2.45. The van der Waals surface area contributed by atoms with E-state index in [0.29, 0.717) is 0 Å². The third kappa shape index (κ3) is 3.33. The van der Waals surface area contributed by atoms with E-state index in [1.165, 1.54) is 22.5 Å². The van der Waals surface area contributed by atoms with Crippen LogP contribution in [-0.4, -0.2) is 13.6 Å². The Bertz CT molecular complexity index is 564. The van der Waals surface area contributed by atoms with Crippen LogP contribution in [0.4, 0.5) is 11.4 Å². The molecule has 1 N–H and O–H groups in total. The molecular formula is C17H21ClN2. The number of nitrogens with one attached hydrogen (secondary N) is 1. The number of halogens is 1. The van der Waals surface area contributed by atoms with Gasteiger partial charge in [0.1, 0.15) is 0 Å². The average molecular weight is 289 g/mol. The molecule has 2 rings (SSSR count). The minimum atomic E-state index is 0.769. The van der Waals surface area contributed by atoms with Crippen molar-refractivity contribution in [1.82, 2.24) is 5.32 Å².